The maximum atomic E-state index is 5.58. The van der Waals surface area contributed by atoms with Crippen LogP contribution in [0.15, 0.2) is 36.6 Å². The molecular weight excluding hydrogens is 289 g/mol. The Hall–Kier alpha value is -0.710. The van der Waals surface area contributed by atoms with Crippen molar-refractivity contribution in [2.45, 2.75) is 33.6 Å². The molecule has 0 spiro atoms. The summed E-state index contributed by atoms with van der Waals surface area (Å²) in [6.07, 6.45) is 10.1. The van der Waals surface area contributed by atoms with Crippen LogP contribution >= 0.6 is 8.30 Å². The molecule has 0 aliphatic heterocycles. The van der Waals surface area contributed by atoms with Crippen LogP contribution in [-0.2, 0) is 19.1 Å². The number of hydrogen-bond acceptors (Lipinski definition) is 5. The lowest BCUT2D eigenvalue weighted by atomic mass is 10.3. The normalized spacial score (nSPS) is 13.6. The van der Waals surface area contributed by atoms with Gasteiger partial charge in [0, 0.05) is 12.8 Å². The summed E-state index contributed by atoms with van der Waals surface area (Å²) in [6, 6.07) is 0. The SMILES string of the molecule is C=C/C(=C\C=C\CCP(NOCC)OCC)OOCCC. The molecule has 0 saturated carbocycles. The average Bonchev–Trinajstić information content (AvgIpc) is 2.50. The van der Waals surface area contributed by atoms with E-state index in [-0.39, 0.29) is 0 Å². The molecule has 5 nitrogen and oxygen atoms in total. The molecule has 0 aliphatic carbocycles. The van der Waals surface area contributed by atoms with Crippen molar-refractivity contribution in [1.82, 2.24) is 5.25 Å². The van der Waals surface area contributed by atoms with E-state index in [4.69, 9.17) is 19.1 Å². The van der Waals surface area contributed by atoms with Gasteiger partial charge in [0.15, 0.2) is 5.76 Å². The minimum Gasteiger partial charge on any atom is -0.342 e. The standard InChI is InChI=1S/C15H28NO4P/c1-5-13-18-20-15(6-2)12-10-9-11-14-21(19-8-4)16-17-7-3/h6,9-10,12,16H,2,5,7-8,11,13-14H2,1,3-4H3/b10-9+,15-12+. The van der Waals surface area contributed by atoms with E-state index in [9.17, 15) is 0 Å². The number of rotatable bonds is 14. The van der Waals surface area contributed by atoms with Crippen LogP contribution in [0.5, 0.6) is 0 Å². The molecule has 0 rings (SSSR count). The molecule has 1 N–H and O–H groups in total. The second-order valence-corrected chi connectivity index (χ2v) is 5.58. The Balaban J connectivity index is 4.01. The summed E-state index contributed by atoms with van der Waals surface area (Å²) >= 11 is 0. The Kier molecular flexibility index (Phi) is 15.1. The zero-order valence-corrected chi connectivity index (χ0v) is 14.2. The topological polar surface area (TPSA) is 49.0 Å². The molecule has 1 atom stereocenters. The zero-order valence-electron chi connectivity index (χ0n) is 13.3. The lowest BCUT2D eigenvalue weighted by molar-refractivity contribution is -0.257. The Labute approximate surface area is 129 Å². The Morgan fingerprint density at radius 3 is 2.67 bits per heavy atom. The van der Waals surface area contributed by atoms with Gasteiger partial charge in [-0.1, -0.05) is 25.7 Å². The van der Waals surface area contributed by atoms with Crippen molar-refractivity contribution in [2.75, 3.05) is 26.0 Å². The van der Waals surface area contributed by atoms with E-state index in [1.165, 1.54) is 0 Å². The second kappa shape index (κ2) is 15.7. The molecule has 0 aromatic carbocycles. The van der Waals surface area contributed by atoms with Crippen LogP contribution in [0.4, 0.5) is 0 Å². The van der Waals surface area contributed by atoms with Crippen molar-refractivity contribution in [1.29, 1.82) is 0 Å². The third-order valence-corrected chi connectivity index (χ3v) is 3.70. The number of hydrogen-bond donors (Lipinski definition) is 1. The summed E-state index contributed by atoms with van der Waals surface area (Å²) in [7, 11) is -0.734. The van der Waals surface area contributed by atoms with E-state index in [2.05, 4.69) is 17.9 Å². The fourth-order valence-electron chi connectivity index (χ4n) is 1.20. The van der Waals surface area contributed by atoms with Crippen molar-refractivity contribution in [3.05, 3.63) is 36.6 Å². The van der Waals surface area contributed by atoms with Gasteiger partial charge in [-0.3, -0.25) is 4.84 Å². The highest BCUT2D eigenvalue weighted by molar-refractivity contribution is 7.50. The van der Waals surface area contributed by atoms with Crippen molar-refractivity contribution in [3.63, 3.8) is 0 Å². The van der Waals surface area contributed by atoms with Crippen molar-refractivity contribution in [3.8, 4) is 0 Å². The third-order valence-electron chi connectivity index (χ3n) is 2.13. The van der Waals surface area contributed by atoms with Gasteiger partial charge in [-0.05, 0) is 38.8 Å². The molecule has 0 amide bonds. The molecule has 21 heavy (non-hydrogen) atoms. The van der Waals surface area contributed by atoms with Gasteiger partial charge in [-0.15, -0.1) is 0 Å². The van der Waals surface area contributed by atoms with Gasteiger partial charge in [-0.2, -0.15) is 10.1 Å². The first-order valence-electron chi connectivity index (χ1n) is 7.35. The summed E-state index contributed by atoms with van der Waals surface area (Å²) in [6.45, 7) is 11.5. The van der Waals surface area contributed by atoms with Gasteiger partial charge in [0.2, 0.25) is 0 Å². The van der Waals surface area contributed by atoms with Crippen LogP contribution in [-0.4, -0.2) is 26.0 Å². The summed E-state index contributed by atoms with van der Waals surface area (Å²) in [5.74, 6) is 0.596. The largest absolute Gasteiger partial charge is 0.342 e. The van der Waals surface area contributed by atoms with E-state index in [1.54, 1.807) is 6.08 Å². The van der Waals surface area contributed by atoms with Gasteiger partial charge in [0.1, 0.15) is 8.30 Å². The predicted molar refractivity (Wildman–Crippen MR) is 87.5 cm³/mol. The van der Waals surface area contributed by atoms with Crippen LogP contribution in [0.3, 0.4) is 0 Å². The fraction of sp³-hybridized carbons (Fsp3) is 0.600. The third kappa shape index (κ3) is 12.7. The fourth-order valence-corrected chi connectivity index (χ4v) is 2.44. The Morgan fingerprint density at radius 1 is 1.24 bits per heavy atom. The Bertz CT molecular complexity index is 308. The monoisotopic (exact) mass is 317 g/mol. The molecule has 6 heteroatoms. The first kappa shape index (κ1) is 20.3. The number of nitrogens with one attached hydrogen (secondary N) is 1. The van der Waals surface area contributed by atoms with Crippen LogP contribution in [0, 0.1) is 0 Å². The number of allylic oxidation sites excluding steroid dienone is 4. The van der Waals surface area contributed by atoms with E-state index in [1.807, 2.05) is 32.9 Å². The minimum absolute atomic E-state index is 0.566. The molecule has 0 bridgehead atoms. The summed E-state index contributed by atoms with van der Waals surface area (Å²) in [4.78, 5) is 15.3. The highest BCUT2D eigenvalue weighted by Crippen LogP contribution is 2.32. The molecular formula is C15H28NO4P. The van der Waals surface area contributed by atoms with Gasteiger partial charge in [0.25, 0.3) is 0 Å². The quantitative estimate of drug-likeness (QED) is 0.130. The summed E-state index contributed by atoms with van der Waals surface area (Å²) in [5.41, 5.74) is 0. The Morgan fingerprint density at radius 2 is 2.05 bits per heavy atom. The van der Waals surface area contributed by atoms with Crippen LogP contribution in [0.2, 0.25) is 0 Å². The predicted octanol–water partition coefficient (Wildman–Crippen LogP) is 4.25. The first-order chi connectivity index (χ1) is 10.3. The van der Waals surface area contributed by atoms with Crippen molar-refractivity contribution >= 4 is 8.30 Å². The van der Waals surface area contributed by atoms with Crippen molar-refractivity contribution in [2.24, 2.45) is 0 Å². The van der Waals surface area contributed by atoms with Crippen LogP contribution in [0.1, 0.15) is 33.6 Å². The van der Waals surface area contributed by atoms with E-state index >= 15 is 0 Å². The molecule has 0 radical (unpaired) electrons. The summed E-state index contributed by atoms with van der Waals surface area (Å²) in [5, 5.41) is 2.95. The van der Waals surface area contributed by atoms with Gasteiger partial charge in [-0.25, -0.2) is 0 Å². The van der Waals surface area contributed by atoms with E-state index < -0.39 is 8.30 Å². The molecule has 0 aromatic heterocycles. The van der Waals surface area contributed by atoms with Gasteiger partial charge in [0.05, 0.1) is 13.2 Å². The molecule has 0 heterocycles. The van der Waals surface area contributed by atoms with Crippen LogP contribution in [0.25, 0.3) is 0 Å². The average molecular weight is 317 g/mol. The maximum Gasteiger partial charge on any atom is 0.164 e. The second-order valence-electron chi connectivity index (χ2n) is 3.94. The first-order valence-corrected chi connectivity index (χ1v) is 8.79. The van der Waals surface area contributed by atoms with Crippen LogP contribution < -0.4 is 5.25 Å². The van der Waals surface area contributed by atoms with E-state index in [0.717, 1.165) is 19.0 Å². The lowest BCUT2D eigenvalue weighted by Crippen LogP contribution is -2.11. The summed E-state index contributed by atoms with van der Waals surface area (Å²) < 4.78 is 5.58. The van der Waals surface area contributed by atoms with E-state index in [0.29, 0.717) is 25.6 Å². The molecule has 122 valence electrons. The van der Waals surface area contributed by atoms with Gasteiger partial charge >= 0.3 is 0 Å². The molecule has 0 aliphatic rings. The highest BCUT2D eigenvalue weighted by atomic mass is 31.2. The van der Waals surface area contributed by atoms with Crippen molar-refractivity contribution < 1.29 is 19.1 Å². The smallest absolute Gasteiger partial charge is 0.164 e. The minimum atomic E-state index is -0.734. The lowest BCUT2D eigenvalue weighted by Gasteiger charge is -2.15. The zero-order chi connectivity index (χ0) is 15.8. The maximum absolute atomic E-state index is 5.58. The molecule has 0 fully saturated rings. The highest BCUT2D eigenvalue weighted by Gasteiger charge is 2.06. The molecule has 0 saturated heterocycles. The molecule has 1 unspecified atom stereocenters. The van der Waals surface area contributed by atoms with Gasteiger partial charge < -0.3 is 9.41 Å². The molecule has 0 aromatic rings.